The Morgan fingerprint density at radius 2 is 1.79 bits per heavy atom. The van der Waals surface area contributed by atoms with Crippen molar-refractivity contribution in [3.8, 4) is 0 Å². The summed E-state index contributed by atoms with van der Waals surface area (Å²) >= 11 is 0. The maximum atomic E-state index is 5.48. The zero-order valence-corrected chi connectivity index (χ0v) is 8.99. The molecule has 2 atom stereocenters. The van der Waals surface area contributed by atoms with Crippen LogP contribution in [0.3, 0.4) is 0 Å². The normalized spacial score (nSPS) is 32.1. The van der Waals surface area contributed by atoms with E-state index in [0.29, 0.717) is 6.61 Å². The molecule has 0 amide bonds. The third kappa shape index (κ3) is 3.35. The van der Waals surface area contributed by atoms with Gasteiger partial charge in [-0.05, 0) is 0 Å². The van der Waals surface area contributed by atoms with Gasteiger partial charge >= 0.3 is 8.60 Å². The Kier molecular flexibility index (Phi) is 5.05. The van der Waals surface area contributed by atoms with Crippen molar-refractivity contribution >= 4 is 8.60 Å². The first kappa shape index (κ1) is 11.6. The van der Waals surface area contributed by atoms with E-state index in [4.69, 9.17) is 13.6 Å². The third-order valence-electron chi connectivity index (χ3n) is 1.73. The Morgan fingerprint density at radius 3 is 2.21 bits per heavy atom. The first-order valence-corrected chi connectivity index (χ1v) is 5.52. The lowest BCUT2D eigenvalue weighted by Gasteiger charge is -2.30. The molecule has 1 heterocycles. The molecule has 1 saturated heterocycles. The summed E-state index contributed by atoms with van der Waals surface area (Å²) in [6.07, 6.45) is 5.90. The quantitative estimate of drug-likeness (QED) is 0.520. The highest BCUT2D eigenvalue weighted by atomic mass is 31.2. The maximum Gasteiger partial charge on any atom is 0.334 e. The fourth-order valence-electron chi connectivity index (χ4n) is 1.01. The van der Waals surface area contributed by atoms with Crippen molar-refractivity contribution in [1.82, 2.24) is 0 Å². The third-order valence-corrected chi connectivity index (χ3v) is 2.98. The van der Waals surface area contributed by atoms with Crippen LogP contribution in [0.4, 0.5) is 0 Å². The number of hydrogen-bond acceptors (Lipinski definition) is 3. The largest absolute Gasteiger partial charge is 0.334 e. The summed E-state index contributed by atoms with van der Waals surface area (Å²) in [5.41, 5.74) is 0. The van der Waals surface area contributed by atoms with Gasteiger partial charge in [-0.15, -0.1) is 19.7 Å². The first-order valence-electron chi connectivity index (χ1n) is 4.42. The zero-order chi connectivity index (χ0) is 10.4. The molecule has 1 aliphatic rings. The molecule has 0 unspecified atom stereocenters. The fraction of sp³-hybridized carbons (Fsp3) is 0.400. The van der Waals surface area contributed by atoms with Crippen LogP contribution in [0.15, 0.2) is 38.0 Å². The average molecular weight is 214 g/mol. The van der Waals surface area contributed by atoms with Crippen molar-refractivity contribution in [1.29, 1.82) is 0 Å². The molecule has 14 heavy (non-hydrogen) atoms. The average Bonchev–Trinajstić information content (AvgIpc) is 2.25. The number of rotatable bonds is 5. The molecule has 0 aromatic carbocycles. The van der Waals surface area contributed by atoms with Crippen molar-refractivity contribution in [3.63, 3.8) is 0 Å². The molecule has 1 fully saturated rings. The van der Waals surface area contributed by atoms with E-state index in [1.807, 2.05) is 0 Å². The maximum absolute atomic E-state index is 5.48. The van der Waals surface area contributed by atoms with Crippen LogP contribution in [0.25, 0.3) is 0 Å². The van der Waals surface area contributed by atoms with E-state index in [-0.39, 0.29) is 12.2 Å². The van der Waals surface area contributed by atoms with E-state index in [2.05, 4.69) is 19.7 Å². The van der Waals surface area contributed by atoms with Crippen LogP contribution in [0, 0.1) is 0 Å². The molecule has 3 nitrogen and oxygen atoms in total. The minimum absolute atomic E-state index is 0.0114. The van der Waals surface area contributed by atoms with Crippen LogP contribution in [0.1, 0.15) is 6.42 Å². The van der Waals surface area contributed by atoms with Crippen LogP contribution in [-0.2, 0) is 13.6 Å². The molecule has 0 aromatic rings. The van der Waals surface area contributed by atoms with E-state index >= 15 is 0 Å². The van der Waals surface area contributed by atoms with Crippen LogP contribution >= 0.6 is 8.60 Å². The van der Waals surface area contributed by atoms with Gasteiger partial charge < -0.3 is 13.6 Å². The van der Waals surface area contributed by atoms with E-state index in [9.17, 15) is 0 Å². The summed E-state index contributed by atoms with van der Waals surface area (Å²) in [6, 6.07) is 0. The van der Waals surface area contributed by atoms with Gasteiger partial charge in [0.15, 0.2) is 0 Å². The summed E-state index contributed by atoms with van der Waals surface area (Å²) in [5.74, 6) is 0. The molecule has 0 aliphatic carbocycles. The van der Waals surface area contributed by atoms with Crippen LogP contribution in [0.5, 0.6) is 0 Å². The molecule has 1 aliphatic heterocycles. The summed E-state index contributed by atoms with van der Waals surface area (Å²) in [5, 5.41) is 0. The molecular weight excluding hydrogens is 199 g/mol. The van der Waals surface area contributed by atoms with E-state index in [1.165, 1.54) is 0 Å². The molecule has 0 spiro atoms. The topological polar surface area (TPSA) is 27.7 Å². The Labute approximate surface area is 86.0 Å². The van der Waals surface area contributed by atoms with Gasteiger partial charge in [0.2, 0.25) is 0 Å². The van der Waals surface area contributed by atoms with Crippen LogP contribution in [0.2, 0.25) is 0 Å². The van der Waals surface area contributed by atoms with Gasteiger partial charge in [-0.3, -0.25) is 0 Å². The molecule has 78 valence electrons. The molecule has 4 heteroatoms. The summed E-state index contributed by atoms with van der Waals surface area (Å²) in [6.45, 7) is 11.4. The van der Waals surface area contributed by atoms with Crippen molar-refractivity contribution in [2.24, 2.45) is 0 Å². The van der Waals surface area contributed by atoms with E-state index in [0.717, 1.165) is 6.42 Å². The lowest BCUT2D eigenvalue weighted by molar-refractivity contribution is 0.0594. The summed E-state index contributed by atoms with van der Waals surface area (Å²) in [4.78, 5) is 0. The van der Waals surface area contributed by atoms with Gasteiger partial charge in [0.05, 0.1) is 18.8 Å². The minimum Gasteiger partial charge on any atom is -0.308 e. The van der Waals surface area contributed by atoms with Crippen molar-refractivity contribution in [2.45, 2.75) is 18.6 Å². The first-order chi connectivity index (χ1) is 6.80. The molecule has 0 bridgehead atoms. The monoisotopic (exact) mass is 214 g/mol. The van der Waals surface area contributed by atoms with Gasteiger partial charge in [-0.1, -0.05) is 18.2 Å². The fourth-order valence-corrected chi connectivity index (χ4v) is 2.20. The minimum atomic E-state index is -1.28. The summed E-state index contributed by atoms with van der Waals surface area (Å²) < 4.78 is 16.3. The van der Waals surface area contributed by atoms with Crippen LogP contribution < -0.4 is 0 Å². The van der Waals surface area contributed by atoms with Gasteiger partial charge in [-0.2, -0.15) is 0 Å². The molecule has 0 aromatic heterocycles. The van der Waals surface area contributed by atoms with Gasteiger partial charge in [-0.25, -0.2) is 0 Å². The lowest BCUT2D eigenvalue weighted by atomic mass is 10.1. The van der Waals surface area contributed by atoms with Crippen molar-refractivity contribution in [3.05, 3.63) is 38.0 Å². The second-order valence-corrected chi connectivity index (χ2v) is 3.93. The van der Waals surface area contributed by atoms with E-state index < -0.39 is 8.60 Å². The smallest absolute Gasteiger partial charge is 0.308 e. The Morgan fingerprint density at radius 1 is 1.21 bits per heavy atom. The Hall–Kier alpha value is -0.470. The van der Waals surface area contributed by atoms with Gasteiger partial charge in [0.25, 0.3) is 0 Å². The van der Waals surface area contributed by atoms with Crippen molar-refractivity contribution < 1.29 is 13.6 Å². The second-order valence-electron chi connectivity index (χ2n) is 2.80. The van der Waals surface area contributed by atoms with Crippen LogP contribution in [-0.4, -0.2) is 18.8 Å². The lowest BCUT2D eigenvalue weighted by Crippen LogP contribution is -2.24. The van der Waals surface area contributed by atoms with Gasteiger partial charge in [0, 0.05) is 6.42 Å². The molecule has 0 radical (unpaired) electrons. The summed E-state index contributed by atoms with van der Waals surface area (Å²) in [7, 11) is -1.28. The standard InChI is InChI=1S/C10H15O3P/c1-4-7-11-14-12-9(5-2)8-10(6-3)13-14/h4-6,9-10H,1-3,7-8H2/t9-,10-/m0/s1. The zero-order valence-electron chi connectivity index (χ0n) is 8.09. The number of hydrogen-bond donors (Lipinski definition) is 0. The van der Waals surface area contributed by atoms with E-state index in [1.54, 1.807) is 18.2 Å². The van der Waals surface area contributed by atoms with Gasteiger partial charge in [0.1, 0.15) is 0 Å². The second kappa shape index (κ2) is 6.10. The van der Waals surface area contributed by atoms with Crippen molar-refractivity contribution in [2.75, 3.05) is 6.61 Å². The highest BCUT2D eigenvalue weighted by molar-refractivity contribution is 7.41. The molecule has 1 rings (SSSR count). The Bertz CT molecular complexity index is 201. The SMILES string of the molecule is C=CCOP1O[C@@H](C=C)C[C@H](C=C)O1. The predicted molar refractivity (Wildman–Crippen MR) is 57.8 cm³/mol. The molecule has 0 saturated carbocycles. The Balaban J connectivity index is 2.46. The predicted octanol–water partition coefficient (Wildman–Crippen LogP) is 2.96. The highest BCUT2D eigenvalue weighted by Crippen LogP contribution is 2.47. The molecule has 0 N–H and O–H groups in total. The molecular formula is C10H15O3P. The highest BCUT2D eigenvalue weighted by Gasteiger charge is 2.28.